The lowest BCUT2D eigenvalue weighted by molar-refractivity contribution is -0.167. The molecule has 0 aliphatic rings. The number of ether oxygens (including phenoxy) is 3. The first-order valence-corrected chi connectivity index (χ1v) is 29.1. The van der Waals surface area contributed by atoms with Crippen molar-refractivity contribution in [3.63, 3.8) is 0 Å². The van der Waals surface area contributed by atoms with Gasteiger partial charge in [-0.15, -0.1) is 0 Å². The Morgan fingerprint density at radius 2 is 0.537 bits per heavy atom. The first-order chi connectivity index (χ1) is 33.0. The molecule has 1 atom stereocenters. The van der Waals surface area contributed by atoms with Gasteiger partial charge in [0.15, 0.2) is 6.10 Å². The summed E-state index contributed by atoms with van der Waals surface area (Å²) in [4.78, 5) is 38.0. The van der Waals surface area contributed by atoms with Gasteiger partial charge in [0, 0.05) is 19.3 Å². The molecule has 6 heteroatoms. The van der Waals surface area contributed by atoms with Crippen molar-refractivity contribution in [2.24, 2.45) is 0 Å². The normalized spacial score (nSPS) is 12.3. The van der Waals surface area contributed by atoms with Crippen molar-refractivity contribution in [2.45, 2.75) is 309 Å². The van der Waals surface area contributed by atoms with E-state index in [4.69, 9.17) is 14.2 Å². The highest BCUT2D eigenvalue weighted by molar-refractivity contribution is 5.71. The Morgan fingerprint density at radius 3 is 0.851 bits per heavy atom. The molecule has 0 saturated carbocycles. The molecular weight excluding hydrogens is 829 g/mol. The van der Waals surface area contributed by atoms with Crippen molar-refractivity contribution >= 4 is 17.9 Å². The second-order valence-corrected chi connectivity index (χ2v) is 19.6. The van der Waals surface area contributed by atoms with Crippen LogP contribution in [0.15, 0.2) is 48.6 Å². The minimum atomic E-state index is -0.772. The molecule has 0 radical (unpaired) electrons. The van der Waals surface area contributed by atoms with E-state index in [2.05, 4.69) is 69.4 Å². The maximum absolute atomic E-state index is 12.8. The van der Waals surface area contributed by atoms with Gasteiger partial charge in [-0.05, 0) is 83.5 Å². The number of carbonyl (C=O) groups is 3. The van der Waals surface area contributed by atoms with Crippen LogP contribution in [0.2, 0.25) is 0 Å². The van der Waals surface area contributed by atoms with Crippen LogP contribution < -0.4 is 0 Å². The van der Waals surface area contributed by atoms with E-state index < -0.39 is 6.10 Å². The van der Waals surface area contributed by atoms with E-state index in [1.807, 2.05) is 0 Å². The molecule has 390 valence electrons. The Bertz CT molecular complexity index is 1170. The Labute approximate surface area is 416 Å². The van der Waals surface area contributed by atoms with Gasteiger partial charge in [-0.1, -0.05) is 249 Å². The average Bonchev–Trinajstić information content (AvgIpc) is 3.33. The molecule has 0 rings (SSSR count). The molecule has 6 nitrogen and oxygen atoms in total. The van der Waals surface area contributed by atoms with Crippen LogP contribution >= 0.6 is 0 Å². The number of allylic oxidation sites excluding steroid dienone is 8. The van der Waals surface area contributed by atoms with Crippen LogP contribution in [0.4, 0.5) is 0 Å². The summed E-state index contributed by atoms with van der Waals surface area (Å²) in [6.45, 7) is 6.59. The molecular formula is C61H110O6. The van der Waals surface area contributed by atoms with Gasteiger partial charge in [-0.2, -0.15) is 0 Å². The zero-order chi connectivity index (χ0) is 48.6. The van der Waals surface area contributed by atoms with E-state index in [1.54, 1.807) is 0 Å². The van der Waals surface area contributed by atoms with Crippen molar-refractivity contribution < 1.29 is 28.6 Å². The molecule has 67 heavy (non-hydrogen) atoms. The number of esters is 3. The fraction of sp³-hybridized carbons (Fsp3) is 0.820. The van der Waals surface area contributed by atoms with E-state index in [1.165, 1.54) is 193 Å². The number of rotatable bonds is 53. The third kappa shape index (κ3) is 54.2. The number of hydrogen-bond acceptors (Lipinski definition) is 6. The second-order valence-electron chi connectivity index (χ2n) is 19.6. The molecule has 0 fully saturated rings. The number of hydrogen-bond donors (Lipinski definition) is 0. The van der Waals surface area contributed by atoms with Crippen LogP contribution in [0.25, 0.3) is 0 Å². The summed E-state index contributed by atoms with van der Waals surface area (Å²) < 4.78 is 16.8. The fourth-order valence-electron chi connectivity index (χ4n) is 8.39. The lowest BCUT2D eigenvalue weighted by Crippen LogP contribution is -2.30. The van der Waals surface area contributed by atoms with Crippen LogP contribution in [0.1, 0.15) is 303 Å². The smallest absolute Gasteiger partial charge is 0.306 e. The third-order valence-corrected chi connectivity index (χ3v) is 12.8. The predicted molar refractivity (Wildman–Crippen MR) is 289 cm³/mol. The number of carbonyl (C=O) groups excluding carboxylic acids is 3. The first kappa shape index (κ1) is 64.4. The van der Waals surface area contributed by atoms with Crippen molar-refractivity contribution in [2.75, 3.05) is 13.2 Å². The van der Waals surface area contributed by atoms with E-state index in [9.17, 15) is 14.4 Å². The molecule has 0 amide bonds. The predicted octanol–water partition coefficient (Wildman–Crippen LogP) is 19.4. The van der Waals surface area contributed by atoms with Gasteiger partial charge in [-0.3, -0.25) is 14.4 Å². The summed E-state index contributed by atoms with van der Waals surface area (Å²) in [5.41, 5.74) is 0. The maximum Gasteiger partial charge on any atom is 0.306 e. The molecule has 0 bridgehead atoms. The molecule has 0 aliphatic heterocycles. The SMILES string of the molecule is CCCCC/C=C\C/C=C\CCCCCCCCCCCC(=O)OC(COC(=O)CCCCCCCCC)COC(=O)CCCCCCCCCCCCC/C=C\C/C=C\CCCCCCC. The summed E-state index contributed by atoms with van der Waals surface area (Å²) in [7, 11) is 0. The second kappa shape index (κ2) is 56.0. The molecule has 1 unspecified atom stereocenters. The zero-order valence-corrected chi connectivity index (χ0v) is 44.7. The third-order valence-electron chi connectivity index (χ3n) is 12.8. The Balaban J connectivity index is 4.17. The van der Waals surface area contributed by atoms with Gasteiger partial charge < -0.3 is 14.2 Å². The largest absolute Gasteiger partial charge is 0.462 e. The van der Waals surface area contributed by atoms with Gasteiger partial charge >= 0.3 is 17.9 Å². The molecule has 0 N–H and O–H groups in total. The van der Waals surface area contributed by atoms with Crippen molar-refractivity contribution in [3.05, 3.63) is 48.6 Å². The highest BCUT2D eigenvalue weighted by atomic mass is 16.6. The van der Waals surface area contributed by atoms with Crippen molar-refractivity contribution in [1.29, 1.82) is 0 Å². The summed E-state index contributed by atoms with van der Waals surface area (Å²) >= 11 is 0. The summed E-state index contributed by atoms with van der Waals surface area (Å²) in [5, 5.41) is 0. The Hall–Kier alpha value is -2.63. The fourth-order valence-corrected chi connectivity index (χ4v) is 8.39. The molecule has 0 aromatic heterocycles. The first-order valence-electron chi connectivity index (χ1n) is 29.1. The monoisotopic (exact) mass is 939 g/mol. The minimum Gasteiger partial charge on any atom is -0.462 e. The van der Waals surface area contributed by atoms with Crippen molar-refractivity contribution in [3.8, 4) is 0 Å². The summed E-state index contributed by atoms with van der Waals surface area (Å²) in [6, 6.07) is 0. The Kier molecular flexibility index (Phi) is 53.8. The molecule has 0 heterocycles. The van der Waals surface area contributed by atoms with Gasteiger partial charge in [0.1, 0.15) is 13.2 Å². The van der Waals surface area contributed by atoms with Gasteiger partial charge in [0.2, 0.25) is 0 Å². The molecule has 0 saturated heterocycles. The summed E-state index contributed by atoms with van der Waals surface area (Å²) in [5.74, 6) is -0.874. The lowest BCUT2D eigenvalue weighted by Gasteiger charge is -2.18. The van der Waals surface area contributed by atoms with Crippen LogP contribution in [0.3, 0.4) is 0 Å². The number of unbranched alkanes of at least 4 members (excludes halogenated alkanes) is 34. The average molecular weight is 940 g/mol. The van der Waals surface area contributed by atoms with Crippen LogP contribution in [0, 0.1) is 0 Å². The topological polar surface area (TPSA) is 78.9 Å². The quantitative estimate of drug-likeness (QED) is 0.0262. The van der Waals surface area contributed by atoms with Crippen molar-refractivity contribution in [1.82, 2.24) is 0 Å². The van der Waals surface area contributed by atoms with Crippen LogP contribution in [-0.4, -0.2) is 37.2 Å². The van der Waals surface area contributed by atoms with E-state index in [-0.39, 0.29) is 31.1 Å². The molecule has 0 aromatic carbocycles. The maximum atomic E-state index is 12.8. The van der Waals surface area contributed by atoms with Crippen LogP contribution in [0.5, 0.6) is 0 Å². The van der Waals surface area contributed by atoms with Crippen LogP contribution in [-0.2, 0) is 28.6 Å². The molecule has 0 aliphatic carbocycles. The van der Waals surface area contributed by atoms with Gasteiger partial charge in [-0.25, -0.2) is 0 Å². The zero-order valence-electron chi connectivity index (χ0n) is 44.7. The van der Waals surface area contributed by atoms with E-state index in [0.29, 0.717) is 19.3 Å². The van der Waals surface area contributed by atoms with Gasteiger partial charge in [0.25, 0.3) is 0 Å². The Morgan fingerprint density at radius 1 is 0.299 bits per heavy atom. The highest BCUT2D eigenvalue weighted by Crippen LogP contribution is 2.16. The van der Waals surface area contributed by atoms with E-state index in [0.717, 1.165) is 70.6 Å². The molecule has 0 aromatic rings. The molecule has 0 spiro atoms. The van der Waals surface area contributed by atoms with E-state index >= 15 is 0 Å². The van der Waals surface area contributed by atoms with Gasteiger partial charge in [0.05, 0.1) is 0 Å². The standard InChI is InChI=1S/C61H110O6/c1-4-7-10-13-16-18-20-22-24-26-28-29-30-31-33-34-36-38-40-42-45-48-51-54-60(63)66-57-58(56-65-59(62)53-50-47-44-15-12-9-6-3)67-61(64)55-52-49-46-43-41-39-37-35-32-27-25-23-21-19-17-14-11-8-5-2/h17,19-20,22-23,25-26,28,58H,4-16,18,21,24,27,29-57H2,1-3H3/b19-17-,22-20-,25-23-,28-26-. The highest BCUT2D eigenvalue weighted by Gasteiger charge is 2.19. The minimum absolute atomic E-state index is 0.0734. The lowest BCUT2D eigenvalue weighted by atomic mass is 10.0. The summed E-state index contributed by atoms with van der Waals surface area (Å²) in [6.07, 6.45) is 68.4.